The number of carbonyl (C=O) groups excluding carboxylic acids is 3. The number of esters is 2. The fourth-order valence-electron chi connectivity index (χ4n) is 1.62. The van der Waals surface area contributed by atoms with Gasteiger partial charge in [0.25, 0.3) is 0 Å². The Kier molecular flexibility index (Phi) is 11.4. The molecule has 0 aliphatic carbocycles. The zero-order chi connectivity index (χ0) is 18.6. The van der Waals surface area contributed by atoms with Crippen LogP contribution in [0.2, 0.25) is 0 Å². The highest BCUT2D eigenvalue weighted by molar-refractivity contribution is 8.11. The summed E-state index contributed by atoms with van der Waals surface area (Å²) in [6, 6.07) is 0. The van der Waals surface area contributed by atoms with Crippen molar-refractivity contribution in [2.24, 2.45) is 0 Å². The maximum atomic E-state index is 11.6. The number of hydrogen-bond acceptors (Lipinski definition) is 9. The number of rotatable bonds is 10. The third-order valence-electron chi connectivity index (χ3n) is 2.79. The summed E-state index contributed by atoms with van der Waals surface area (Å²) in [5, 5.41) is -0.404. The summed E-state index contributed by atoms with van der Waals surface area (Å²) in [5.74, 6) is -0.622. The Labute approximate surface area is 147 Å². The van der Waals surface area contributed by atoms with Gasteiger partial charge in [-0.2, -0.15) is 0 Å². The molecule has 0 heterocycles. The van der Waals surface area contributed by atoms with E-state index in [1.165, 1.54) is 14.2 Å². The Hall–Kier alpha value is -1.32. The minimum Gasteiger partial charge on any atom is -0.469 e. The minimum absolute atomic E-state index is 0.233. The lowest BCUT2D eigenvalue weighted by Crippen LogP contribution is -2.34. The summed E-state index contributed by atoms with van der Waals surface area (Å²) in [6.45, 7) is 7.37. The van der Waals surface area contributed by atoms with Gasteiger partial charge in [0, 0.05) is 38.1 Å². The predicted octanol–water partition coefficient (Wildman–Crippen LogP) is 1.59. The molecule has 0 saturated carbocycles. The second kappa shape index (κ2) is 12.1. The van der Waals surface area contributed by atoms with Crippen LogP contribution in [0, 0.1) is 0 Å². The van der Waals surface area contributed by atoms with E-state index in [1.807, 2.05) is 4.90 Å². The molecular weight excluding hydrogens is 336 g/mol. The van der Waals surface area contributed by atoms with Crippen LogP contribution in [-0.4, -0.2) is 68.1 Å². The maximum Gasteiger partial charge on any atom is 0.383 e. The van der Waals surface area contributed by atoms with Crippen molar-refractivity contribution in [3.05, 3.63) is 0 Å². The van der Waals surface area contributed by atoms with Gasteiger partial charge in [-0.3, -0.25) is 14.3 Å². The van der Waals surface area contributed by atoms with Gasteiger partial charge >= 0.3 is 17.2 Å². The van der Waals surface area contributed by atoms with E-state index in [2.05, 4.69) is 14.2 Å². The second-order valence-corrected chi connectivity index (χ2v) is 6.78. The first-order valence-corrected chi connectivity index (χ1v) is 8.48. The molecule has 1 N–H and O–H groups in total. The average molecular weight is 364 g/mol. The first kappa shape index (κ1) is 22.7. The fraction of sp³-hybridized carbons (Fsp3) is 0.800. The van der Waals surface area contributed by atoms with Gasteiger partial charge in [-0.15, -0.1) is 0 Å². The molecule has 0 radical (unpaired) electrons. The molecule has 0 aliphatic rings. The van der Waals surface area contributed by atoms with Gasteiger partial charge in [-0.1, -0.05) is 0 Å². The van der Waals surface area contributed by atoms with E-state index >= 15 is 0 Å². The summed E-state index contributed by atoms with van der Waals surface area (Å²) in [6.07, 6.45) is 0.466. The number of methoxy groups -OCH3 is 2. The number of nitrogens with one attached hydrogen (secondary N) is 1. The van der Waals surface area contributed by atoms with Crippen molar-refractivity contribution >= 4 is 29.2 Å². The van der Waals surface area contributed by atoms with Crippen molar-refractivity contribution in [2.75, 3.05) is 40.4 Å². The lowest BCUT2D eigenvalue weighted by Gasteiger charge is -2.22. The van der Waals surface area contributed by atoms with Crippen molar-refractivity contribution in [2.45, 2.75) is 39.2 Å². The Bertz CT molecular complexity index is 391. The monoisotopic (exact) mass is 364 g/mol. The first-order valence-electron chi connectivity index (χ1n) is 7.66. The molecule has 24 heavy (non-hydrogen) atoms. The molecule has 0 fully saturated rings. The summed E-state index contributed by atoms with van der Waals surface area (Å²) in [5.41, 5.74) is -0.529. The summed E-state index contributed by atoms with van der Waals surface area (Å²) in [7, 11) is 2.67. The Morgan fingerprint density at radius 2 is 1.46 bits per heavy atom. The topological polar surface area (TPSA) is 94.2 Å². The summed E-state index contributed by atoms with van der Waals surface area (Å²) in [4.78, 5) is 36.0. The van der Waals surface area contributed by atoms with Crippen LogP contribution in [0.5, 0.6) is 0 Å². The normalized spacial score (nSPS) is 11.2. The van der Waals surface area contributed by atoms with Crippen LogP contribution in [0.4, 0.5) is 4.79 Å². The van der Waals surface area contributed by atoms with Crippen LogP contribution in [0.3, 0.4) is 0 Å². The van der Waals surface area contributed by atoms with E-state index in [1.54, 1.807) is 20.8 Å². The quantitative estimate of drug-likeness (QED) is 0.268. The van der Waals surface area contributed by atoms with Crippen molar-refractivity contribution in [1.82, 2.24) is 9.62 Å². The van der Waals surface area contributed by atoms with Gasteiger partial charge in [0.2, 0.25) is 0 Å². The van der Waals surface area contributed by atoms with Crippen LogP contribution < -0.4 is 4.72 Å². The van der Waals surface area contributed by atoms with Crippen LogP contribution >= 0.6 is 11.9 Å². The van der Waals surface area contributed by atoms with Crippen molar-refractivity contribution < 1.29 is 28.6 Å². The molecule has 9 heteroatoms. The van der Waals surface area contributed by atoms with E-state index in [4.69, 9.17) is 4.74 Å². The molecule has 0 aromatic rings. The summed E-state index contributed by atoms with van der Waals surface area (Å²) >= 11 is 0.882. The molecule has 0 unspecified atom stereocenters. The lowest BCUT2D eigenvalue weighted by molar-refractivity contribution is -0.141. The largest absolute Gasteiger partial charge is 0.469 e. The molecule has 0 rings (SSSR count). The van der Waals surface area contributed by atoms with Crippen molar-refractivity contribution in [1.29, 1.82) is 0 Å². The Balaban J connectivity index is 4.16. The molecule has 140 valence electrons. The molecule has 0 atom stereocenters. The van der Waals surface area contributed by atoms with Gasteiger partial charge < -0.3 is 19.1 Å². The number of carbonyl (C=O) groups is 3. The number of nitrogens with zero attached hydrogens (tertiary/aromatic N) is 1. The van der Waals surface area contributed by atoms with Crippen LogP contribution in [0.1, 0.15) is 33.6 Å². The zero-order valence-corrected chi connectivity index (χ0v) is 15.9. The highest BCUT2D eigenvalue weighted by atomic mass is 32.2. The SMILES string of the molecule is COC(=O)CCN(CCNSC(=O)OC(C)(C)C)CCC(=O)OC. The van der Waals surface area contributed by atoms with Gasteiger partial charge in [0.05, 0.1) is 27.1 Å². The van der Waals surface area contributed by atoms with Gasteiger partial charge in [-0.05, 0) is 20.8 Å². The van der Waals surface area contributed by atoms with E-state index < -0.39 is 10.9 Å². The zero-order valence-electron chi connectivity index (χ0n) is 15.0. The smallest absolute Gasteiger partial charge is 0.383 e. The fourth-order valence-corrected chi connectivity index (χ4v) is 2.23. The molecule has 0 bridgehead atoms. The third-order valence-corrected chi connectivity index (χ3v) is 3.39. The lowest BCUT2D eigenvalue weighted by atomic mass is 10.2. The average Bonchev–Trinajstić information content (AvgIpc) is 2.50. The summed E-state index contributed by atoms with van der Waals surface area (Å²) < 4.78 is 17.3. The molecular formula is C15H28N2O6S. The third kappa shape index (κ3) is 13.1. The number of ether oxygens (including phenoxy) is 3. The minimum atomic E-state index is -0.529. The molecule has 0 aliphatic heterocycles. The van der Waals surface area contributed by atoms with Crippen LogP contribution in [-0.2, 0) is 23.8 Å². The molecule has 0 saturated heterocycles. The maximum absolute atomic E-state index is 11.6. The van der Waals surface area contributed by atoms with E-state index in [0.29, 0.717) is 26.2 Å². The van der Waals surface area contributed by atoms with E-state index in [0.717, 1.165) is 11.9 Å². The first-order chi connectivity index (χ1) is 11.2. The van der Waals surface area contributed by atoms with Gasteiger partial charge in [-0.25, -0.2) is 4.79 Å². The Morgan fingerprint density at radius 3 is 1.88 bits per heavy atom. The molecule has 8 nitrogen and oxygen atoms in total. The van der Waals surface area contributed by atoms with Gasteiger partial charge in [0.15, 0.2) is 0 Å². The highest BCUT2D eigenvalue weighted by Gasteiger charge is 2.17. The van der Waals surface area contributed by atoms with Crippen LogP contribution in [0.15, 0.2) is 0 Å². The second-order valence-electron chi connectivity index (χ2n) is 5.95. The molecule has 0 spiro atoms. The van der Waals surface area contributed by atoms with E-state index in [-0.39, 0.29) is 24.8 Å². The Morgan fingerprint density at radius 1 is 0.958 bits per heavy atom. The molecule has 0 amide bonds. The molecule has 0 aromatic heterocycles. The number of hydrogen-bond donors (Lipinski definition) is 1. The molecule has 0 aromatic carbocycles. The predicted molar refractivity (Wildman–Crippen MR) is 91.5 cm³/mol. The van der Waals surface area contributed by atoms with E-state index in [9.17, 15) is 14.4 Å². The standard InChI is InChI=1S/C15H28N2O6S/c1-15(2,3)23-14(20)24-16-8-11-17(9-6-12(18)21-4)10-7-13(19)22-5/h16H,6-11H2,1-5H3. The van der Waals surface area contributed by atoms with Gasteiger partial charge in [0.1, 0.15) is 5.60 Å². The van der Waals surface area contributed by atoms with Crippen molar-refractivity contribution in [3.63, 3.8) is 0 Å². The highest BCUT2D eigenvalue weighted by Crippen LogP contribution is 2.12. The van der Waals surface area contributed by atoms with Crippen molar-refractivity contribution in [3.8, 4) is 0 Å². The van der Waals surface area contributed by atoms with Crippen LogP contribution in [0.25, 0.3) is 0 Å².